The van der Waals surface area contributed by atoms with Crippen LogP contribution in [0.2, 0.25) is 0 Å². The number of likely N-dealkylation sites (tertiary alicyclic amines) is 1. The molecule has 1 rings (SSSR count). The lowest BCUT2D eigenvalue weighted by molar-refractivity contribution is -0.140. The first kappa shape index (κ1) is 20.7. The Morgan fingerprint density at radius 3 is 2.21 bits per heavy atom. The number of hydrogen-bond donors (Lipinski definition) is 2. The molecule has 0 spiro atoms. The Labute approximate surface area is 145 Å². The SMILES string of the molecule is CC1CCN(CC(C)(C)CC(NC(=O)OC(C)(C)C)C(=O)O)CC1. The fraction of sp³-hybridized carbons (Fsp3) is 0.889. The monoisotopic (exact) mass is 342 g/mol. The number of aliphatic carboxylic acids is 1. The van der Waals surface area contributed by atoms with E-state index in [2.05, 4.69) is 31.0 Å². The first-order chi connectivity index (χ1) is 10.9. The van der Waals surface area contributed by atoms with Gasteiger partial charge in [-0.1, -0.05) is 20.8 Å². The maximum atomic E-state index is 11.9. The minimum Gasteiger partial charge on any atom is -0.480 e. The van der Waals surface area contributed by atoms with E-state index >= 15 is 0 Å². The summed E-state index contributed by atoms with van der Waals surface area (Å²) in [6.45, 7) is 14.6. The smallest absolute Gasteiger partial charge is 0.408 e. The number of carboxylic acids is 1. The molecule has 1 atom stereocenters. The zero-order chi connectivity index (χ0) is 18.5. The van der Waals surface area contributed by atoms with Crippen molar-refractivity contribution >= 4 is 12.1 Å². The van der Waals surface area contributed by atoms with E-state index in [1.54, 1.807) is 20.8 Å². The second kappa shape index (κ2) is 8.19. The van der Waals surface area contributed by atoms with Crippen LogP contribution in [0.15, 0.2) is 0 Å². The number of piperidine rings is 1. The first-order valence-corrected chi connectivity index (χ1v) is 8.83. The molecule has 0 saturated carbocycles. The molecule has 6 nitrogen and oxygen atoms in total. The van der Waals surface area contributed by atoms with E-state index in [4.69, 9.17) is 4.74 Å². The topological polar surface area (TPSA) is 78.9 Å². The molecule has 2 N–H and O–H groups in total. The molecule has 0 aromatic heterocycles. The second-order valence-electron chi connectivity index (χ2n) is 8.86. The molecule has 0 radical (unpaired) electrons. The highest BCUT2D eigenvalue weighted by molar-refractivity contribution is 5.80. The molecule has 1 saturated heterocycles. The van der Waals surface area contributed by atoms with Crippen molar-refractivity contribution in [1.82, 2.24) is 10.2 Å². The highest BCUT2D eigenvalue weighted by Crippen LogP contribution is 2.27. The lowest BCUT2D eigenvalue weighted by Gasteiger charge is -2.37. The Morgan fingerprint density at radius 2 is 1.75 bits per heavy atom. The molecule has 140 valence electrons. The van der Waals surface area contributed by atoms with E-state index in [0.29, 0.717) is 6.42 Å². The fourth-order valence-electron chi connectivity index (χ4n) is 3.09. The maximum Gasteiger partial charge on any atom is 0.408 e. The third kappa shape index (κ3) is 7.99. The summed E-state index contributed by atoms with van der Waals surface area (Å²) in [5.74, 6) is -0.258. The second-order valence-corrected chi connectivity index (χ2v) is 8.86. The van der Waals surface area contributed by atoms with Crippen LogP contribution in [-0.2, 0) is 9.53 Å². The van der Waals surface area contributed by atoms with Gasteiger partial charge in [0, 0.05) is 6.54 Å². The van der Waals surface area contributed by atoms with E-state index in [1.165, 1.54) is 12.8 Å². The number of amides is 1. The molecule has 24 heavy (non-hydrogen) atoms. The van der Waals surface area contributed by atoms with Crippen molar-refractivity contribution in [3.8, 4) is 0 Å². The van der Waals surface area contributed by atoms with Crippen LogP contribution in [0.3, 0.4) is 0 Å². The van der Waals surface area contributed by atoms with Gasteiger partial charge < -0.3 is 20.1 Å². The predicted molar refractivity (Wildman–Crippen MR) is 94.0 cm³/mol. The Balaban J connectivity index is 2.59. The van der Waals surface area contributed by atoms with Gasteiger partial charge in [-0.25, -0.2) is 9.59 Å². The van der Waals surface area contributed by atoms with Gasteiger partial charge in [0.1, 0.15) is 11.6 Å². The van der Waals surface area contributed by atoms with Gasteiger partial charge in [0.15, 0.2) is 0 Å². The third-order valence-electron chi connectivity index (χ3n) is 4.27. The summed E-state index contributed by atoms with van der Waals surface area (Å²) in [4.78, 5) is 25.8. The molecule has 1 fully saturated rings. The number of alkyl carbamates (subject to hydrolysis) is 1. The molecule has 0 aromatic carbocycles. The Bertz CT molecular complexity index is 435. The molecule has 0 aromatic rings. The summed E-state index contributed by atoms with van der Waals surface area (Å²) >= 11 is 0. The number of rotatable bonds is 6. The van der Waals surface area contributed by atoms with Crippen LogP contribution in [-0.4, -0.2) is 53.3 Å². The number of nitrogens with zero attached hydrogens (tertiary/aromatic N) is 1. The molecule has 1 aliphatic heterocycles. The largest absolute Gasteiger partial charge is 0.480 e. The van der Waals surface area contributed by atoms with E-state index in [9.17, 15) is 14.7 Å². The summed E-state index contributed by atoms with van der Waals surface area (Å²) in [6, 6.07) is -0.946. The number of carboxylic acid groups (broad SMARTS) is 1. The molecule has 0 bridgehead atoms. The van der Waals surface area contributed by atoms with E-state index in [1.807, 2.05) is 0 Å². The highest BCUT2D eigenvalue weighted by Gasteiger charge is 2.32. The van der Waals surface area contributed by atoms with Crippen LogP contribution in [0.1, 0.15) is 60.8 Å². The number of carbonyl (C=O) groups is 2. The fourth-order valence-corrected chi connectivity index (χ4v) is 3.09. The van der Waals surface area contributed by atoms with Gasteiger partial charge in [0.2, 0.25) is 0 Å². The van der Waals surface area contributed by atoms with Crippen LogP contribution >= 0.6 is 0 Å². The zero-order valence-corrected chi connectivity index (χ0v) is 16.0. The van der Waals surface area contributed by atoms with Crippen molar-refractivity contribution in [2.24, 2.45) is 11.3 Å². The quantitative estimate of drug-likeness (QED) is 0.775. The van der Waals surface area contributed by atoms with Gasteiger partial charge >= 0.3 is 12.1 Å². The molecule has 1 amide bonds. The van der Waals surface area contributed by atoms with Crippen molar-refractivity contribution in [2.45, 2.75) is 72.4 Å². The molecular weight excluding hydrogens is 308 g/mol. The lowest BCUT2D eigenvalue weighted by atomic mass is 9.84. The van der Waals surface area contributed by atoms with Crippen LogP contribution in [0.5, 0.6) is 0 Å². The average molecular weight is 342 g/mol. The normalized spacial score (nSPS) is 18.9. The number of nitrogens with one attached hydrogen (secondary N) is 1. The van der Waals surface area contributed by atoms with Crippen molar-refractivity contribution in [2.75, 3.05) is 19.6 Å². The Kier molecular flexibility index (Phi) is 7.08. The number of ether oxygens (including phenoxy) is 1. The van der Waals surface area contributed by atoms with Gasteiger partial charge in [-0.05, 0) is 64.5 Å². The van der Waals surface area contributed by atoms with Gasteiger partial charge in [-0.3, -0.25) is 0 Å². The highest BCUT2D eigenvalue weighted by atomic mass is 16.6. The number of carbonyl (C=O) groups excluding carboxylic acids is 1. The third-order valence-corrected chi connectivity index (χ3v) is 4.27. The standard InChI is InChI=1S/C18H34N2O4/c1-13-7-9-20(10-8-13)12-18(5,6)11-14(15(21)22)19-16(23)24-17(2,3)4/h13-14H,7-12H2,1-6H3,(H,19,23)(H,21,22). The van der Waals surface area contributed by atoms with Gasteiger partial charge in [0.05, 0.1) is 0 Å². The average Bonchev–Trinajstić information content (AvgIpc) is 2.37. The van der Waals surface area contributed by atoms with Gasteiger partial charge in [0.25, 0.3) is 0 Å². The first-order valence-electron chi connectivity index (χ1n) is 8.83. The van der Waals surface area contributed by atoms with Crippen LogP contribution in [0.4, 0.5) is 4.79 Å². The predicted octanol–water partition coefficient (Wildman–Crippen LogP) is 3.11. The van der Waals surface area contributed by atoms with E-state index in [0.717, 1.165) is 25.6 Å². The van der Waals surface area contributed by atoms with Crippen molar-refractivity contribution < 1.29 is 19.4 Å². The van der Waals surface area contributed by atoms with E-state index < -0.39 is 23.7 Å². The molecule has 6 heteroatoms. The van der Waals surface area contributed by atoms with Crippen molar-refractivity contribution in [1.29, 1.82) is 0 Å². The van der Waals surface area contributed by atoms with Gasteiger partial charge in [-0.2, -0.15) is 0 Å². The molecule has 0 aliphatic carbocycles. The minimum absolute atomic E-state index is 0.210. The lowest BCUT2D eigenvalue weighted by Crippen LogP contribution is -2.48. The summed E-state index contributed by atoms with van der Waals surface area (Å²) in [6.07, 6.45) is 2.06. The minimum atomic E-state index is -1.03. The van der Waals surface area contributed by atoms with Gasteiger partial charge in [-0.15, -0.1) is 0 Å². The van der Waals surface area contributed by atoms with Crippen LogP contribution < -0.4 is 5.32 Å². The summed E-state index contributed by atoms with van der Waals surface area (Å²) in [5, 5.41) is 11.9. The zero-order valence-electron chi connectivity index (χ0n) is 16.0. The Hall–Kier alpha value is -1.30. The maximum absolute atomic E-state index is 11.9. The molecular formula is C18H34N2O4. The van der Waals surface area contributed by atoms with Crippen molar-refractivity contribution in [3.05, 3.63) is 0 Å². The number of hydrogen-bond acceptors (Lipinski definition) is 4. The molecule has 1 unspecified atom stereocenters. The van der Waals surface area contributed by atoms with Crippen LogP contribution in [0.25, 0.3) is 0 Å². The van der Waals surface area contributed by atoms with E-state index in [-0.39, 0.29) is 5.41 Å². The molecule has 1 heterocycles. The Morgan fingerprint density at radius 1 is 1.21 bits per heavy atom. The summed E-state index contributed by atoms with van der Waals surface area (Å²) < 4.78 is 5.17. The summed E-state index contributed by atoms with van der Waals surface area (Å²) in [5.41, 5.74) is -0.855. The van der Waals surface area contributed by atoms with Crippen LogP contribution in [0, 0.1) is 11.3 Å². The molecule has 1 aliphatic rings. The van der Waals surface area contributed by atoms with Crippen molar-refractivity contribution in [3.63, 3.8) is 0 Å². The summed E-state index contributed by atoms with van der Waals surface area (Å²) in [7, 11) is 0.